The molecule has 0 saturated heterocycles. The van der Waals surface area contributed by atoms with E-state index in [0.717, 1.165) is 12.1 Å². The fourth-order valence-corrected chi connectivity index (χ4v) is 1.26. The maximum Gasteiger partial charge on any atom is 0.435 e. The summed E-state index contributed by atoms with van der Waals surface area (Å²) in [5, 5.41) is 6.34. The molecular weight excluding hydrogens is 261 g/mol. The second-order valence-electron chi connectivity index (χ2n) is 3.54. The zero-order valence-corrected chi connectivity index (χ0v) is 9.39. The highest BCUT2D eigenvalue weighted by Crippen LogP contribution is 2.28. The van der Waals surface area contributed by atoms with Crippen molar-refractivity contribution in [2.75, 3.05) is 0 Å². The number of nitrogens with zero attached hydrogens (tertiary/aromatic N) is 2. The topological polar surface area (TPSA) is 52.1 Å². The minimum atomic E-state index is -4.53. The first-order valence-electron chi connectivity index (χ1n) is 5.13. The number of benzene rings is 1. The number of aldehydes is 1. The molecule has 4 nitrogen and oxygen atoms in total. The molecule has 19 heavy (non-hydrogen) atoms. The fourth-order valence-electron chi connectivity index (χ4n) is 1.26. The van der Waals surface area contributed by atoms with Crippen LogP contribution in [0.1, 0.15) is 16.1 Å². The van der Waals surface area contributed by atoms with E-state index in [1.54, 1.807) is 0 Å². The molecule has 98 valence electrons. The summed E-state index contributed by atoms with van der Waals surface area (Å²) in [7, 11) is 0. The highest BCUT2D eigenvalue weighted by atomic mass is 19.4. The van der Waals surface area contributed by atoms with Gasteiger partial charge < -0.3 is 4.74 Å². The first-order chi connectivity index (χ1) is 8.99. The average Bonchev–Trinajstić information content (AvgIpc) is 2.39. The first-order valence-corrected chi connectivity index (χ1v) is 5.13. The Morgan fingerprint density at radius 2 is 1.68 bits per heavy atom. The van der Waals surface area contributed by atoms with Crippen LogP contribution in [0.5, 0.6) is 11.6 Å². The van der Waals surface area contributed by atoms with Gasteiger partial charge in [0.25, 0.3) is 0 Å². The van der Waals surface area contributed by atoms with Crippen LogP contribution in [0.15, 0.2) is 36.4 Å². The van der Waals surface area contributed by atoms with Crippen molar-refractivity contribution in [3.05, 3.63) is 47.7 Å². The van der Waals surface area contributed by atoms with Crippen LogP contribution in [0.25, 0.3) is 0 Å². The number of hydrogen-bond donors (Lipinski definition) is 0. The molecule has 0 aliphatic rings. The van der Waals surface area contributed by atoms with Crippen LogP contribution in [-0.2, 0) is 6.18 Å². The van der Waals surface area contributed by atoms with Crippen LogP contribution in [0, 0.1) is 0 Å². The van der Waals surface area contributed by atoms with E-state index in [2.05, 4.69) is 10.2 Å². The van der Waals surface area contributed by atoms with Crippen LogP contribution in [0.4, 0.5) is 13.2 Å². The molecule has 0 N–H and O–H groups in total. The van der Waals surface area contributed by atoms with Crippen LogP contribution in [-0.4, -0.2) is 16.5 Å². The van der Waals surface area contributed by atoms with E-state index in [0.29, 0.717) is 17.6 Å². The van der Waals surface area contributed by atoms with Crippen LogP contribution < -0.4 is 4.74 Å². The lowest BCUT2D eigenvalue weighted by Gasteiger charge is -2.06. The maximum absolute atomic E-state index is 12.3. The lowest BCUT2D eigenvalue weighted by Crippen LogP contribution is -2.08. The number of halogens is 3. The molecule has 0 aliphatic heterocycles. The van der Waals surface area contributed by atoms with Gasteiger partial charge in [-0.3, -0.25) is 4.79 Å². The van der Waals surface area contributed by atoms with Crippen molar-refractivity contribution < 1.29 is 22.7 Å². The molecule has 0 radical (unpaired) electrons. The summed E-state index contributed by atoms with van der Waals surface area (Å²) < 4.78 is 41.9. The largest absolute Gasteiger partial charge is 0.438 e. The maximum atomic E-state index is 12.3. The highest BCUT2D eigenvalue weighted by molar-refractivity contribution is 5.74. The summed E-state index contributed by atoms with van der Waals surface area (Å²) in [6.07, 6.45) is -3.86. The number of carbonyl (C=O) groups is 1. The molecule has 0 amide bonds. The summed E-state index contributed by atoms with van der Waals surface area (Å²) in [5.41, 5.74) is -0.623. The van der Waals surface area contributed by atoms with Gasteiger partial charge in [-0.1, -0.05) is 0 Å². The quantitative estimate of drug-likeness (QED) is 0.802. The second-order valence-corrected chi connectivity index (χ2v) is 3.54. The number of carbonyl (C=O) groups excluding carboxylic acids is 1. The first kappa shape index (κ1) is 13.0. The van der Waals surface area contributed by atoms with E-state index in [-0.39, 0.29) is 5.88 Å². The van der Waals surface area contributed by atoms with Crippen molar-refractivity contribution in [1.82, 2.24) is 10.2 Å². The molecule has 0 fully saturated rings. The number of ether oxygens (including phenoxy) is 1. The molecule has 1 aromatic heterocycles. The van der Waals surface area contributed by atoms with Gasteiger partial charge in [-0.05, 0) is 30.3 Å². The van der Waals surface area contributed by atoms with Gasteiger partial charge >= 0.3 is 6.18 Å². The average molecular weight is 268 g/mol. The van der Waals surface area contributed by atoms with Gasteiger partial charge in [0.2, 0.25) is 5.88 Å². The van der Waals surface area contributed by atoms with E-state index in [1.165, 1.54) is 24.3 Å². The Morgan fingerprint density at radius 1 is 1.00 bits per heavy atom. The smallest absolute Gasteiger partial charge is 0.435 e. The fraction of sp³-hybridized carbons (Fsp3) is 0.0833. The Bertz CT molecular complexity index is 565. The Hall–Kier alpha value is -2.44. The Balaban J connectivity index is 2.12. The zero-order chi connectivity index (χ0) is 13.9. The van der Waals surface area contributed by atoms with Crippen LogP contribution in [0.3, 0.4) is 0 Å². The van der Waals surface area contributed by atoms with Gasteiger partial charge in [-0.15, -0.1) is 10.2 Å². The van der Waals surface area contributed by atoms with Gasteiger partial charge in [-0.2, -0.15) is 13.2 Å². The van der Waals surface area contributed by atoms with Crippen molar-refractivity contribution in [2.24, 2.45) is 0 Å². The molecule has 0 unspecified atom stereocenters. The molecule has 1 heterocycles. The minimum Gasteiger partial charge on any atom is -0.438 e. The molecule has 7 heteroatoms. The molecule has 1 aromatic carbocycles. The number of aromatic nitrogens is 2. The summed E-state index contributed by atoms with van der Waals surface area (Å²) in [5.74, 6) is 0.284. The van der Waals surface area contributed by atoms with E-state index in [4.69, 9.17) is 4.74 Å². The summed E-state index contributed by atoms with van der Waals surface area (Å²) in [6, 6.07) is 7.89. The highest BCUT2D eigenvalue weighted by Gasteiger charge is 2.32. The van der Waals surface area contributed by atoms with Crippen molar-refractivity contribution in [3.8, 4) is 11.6 Å². The molecule has 2 aromatic rings. The monoisotopic (exact) mass is 268 g/mol. The van der Waals surface area contributed by atoms with Crippen LogP contribution >= 0.6 is 0 Å². The molecular formula is C12H7F3N2O2. The summed E-state index contributed by atoms with van der Waals surface area (Å²) in [4.78, 5) is 10.4. The molecule has 0 saturated carbocycles. The van der Waals surface area contributed by atoms with Crippen molar-refractivity contribution in [1.29, 1.82) is 0 Å². The standard InChI is InChI=1S/C12H7F3N2O2/c13-12(14,15)10-5-6-11(17-16-10)19-9-3-1-8(7-18)2-4-9/h1-7H. The molecule has 0 bridgehead atoms. The number of rotatable bonds is 3. The number of hydrogen-bond acceptors (Lipinski definition) is 4. The second kappa shape index (κ2) is 5.05. The Morgan fingerprint density at radius 3 is 2.16 bits per heavy atom. The van der Waals surface area contributed by atoms with E-state index < -0.39 is 11.9 Å². The number of alkyl halides is 3. The lowest BCUT2D eigenvalue weighted by atomic mass is 10.2. The van der Waals surface area contributed by atoms with Crippen LogP contribution in [0.2, 0.25) is 0 Å². The van der Waals surface area contributed by atoms with E-state index >= 15 is 0 Å². The van der Waals surface area contributed by atoms with Gasteiger partial charge in [0, 0.05) is 11.6 Å². The molecule has 0 aliphatic carbocycles. The Kier molecular flexibility index (Phi) is 3.46. The SMILES string of the molecule is O=Cc1ccc(Oc2ccc(C(F)(F)F)nn2)cc1. The normalized spacial score (nSPS) is 11.1. The third-order valence-corrected chi connectivity index (χ3v) is 2.17. The third kappa shape index (κ3) is 3.27. The summed E-state index contributed by atoms with van der Waals surface area (Å²) >= 11 is 0. The molecule has 0 atom stereocenters. The predicted molar refractivity (Wildman–Crippen MR) is 58.9 cm³/mol. The third-order valence-electron chi connectivity index (χ3n) is 2.17. The minimum absolute atomic E-state index is 0.0631. The summed E-state index contributed by atoms with van der Waals surface area (Å²) in [6.45, 7) is 0. The van der Waals surface area contributed by atoms with E-state index in [9.17, 15) is 18.0 Å². The van der Waals surface area contributed by atoms with Gasteiger partial charge in [0.15, 0.2) is 5.69 Å². The predicted octanol–water partition coefficient (Wildman–Crippen LogP) is 3.10. The van der Waals surface area contributed by atoms with Crippen molar-refractivity contribution >= 4 is 6.29 Å². The van der Waals surface area contributed by atoms with Gasteiger partial charge in [0.05, 0.1) is 0 Å². The van der Waals surface area contributed by atoms with Crippen molar-refractivity contribution in [3.63, 3.8) is 0 Å². The Labute approximate surface area is 105 Å². The van der Waals surface area contributed by atoms with Crippen molar-refractivity contribution in [2.45, 2.75) is 6.18 Å². The molecule has 0 spiro atoms. The van der Waals surface area contributed by atoms with Gasteiger partial charge in [0.1, 0.15) is 12.0 Å². The van der Waals surface area contributed by atoms with Gasteiger partial charge in [-0.25, -0.2) is 0 Å². The lowest BCUT2D eigenvalue weighted by molar-refractivity contribution is -0.141. The zero-order valence-electron chi connectivity index (χ0n) is 9.39. The molecule has 2 rings (SSSR count). The van der Waals surface area contributed by atoms with E-state index in [1.807, 2.05) is 0 Å².